The Bertz CT molecular complexity index is 584. The number of rotatable bonds is 2. The van der Waals surface area contributed by atoms with E-state index in [-0.39, 0.29) is 0 Å². The largest absolute Gasteiger partial charge is 0.373 e. The molecule has 2 aromatic rings. The van der Waals surface area contributed by atoms with Crippen LogP contribution < -0.4 is 5.32 Å². The third-order valence-corrected chi connectivity index (χ3v) is 3.20. The molecule has 0 bridgehead atoms. The van der Waals surface area contributed by atoms with Crippen LogP contribution in [0.3, 0.4) is 0 Å². The molecule has 0 atom stereocenters. The predicted molar refractivity (Wildman–Crippen MR) is 81.0 cm³/mol. The van der Waals surface area contributed by atoms with Gasteiger partial charge in [-0.15, -0.1) is 0 Å². The number of nitrogens with one attached hydrogen (secondary N) is 1. The SMILES string of the molecule is Clc1ccc(NCC#Cc2ccccc2)c(Br)c1. The molecule has 0 aromatic heterocycles. The monoisotopic (exact) mass is 319 g/mol. The lowest BCUT2D eigenvalue weighted by Gasteiger charge is -2.05. The Morgan fingerprint density at radius 1 is 1.11 bits per heavy atom. The molecule has 0 saturated heterocycles. The van der Waals surface area contributed by atoms with Gasteiger partial charge in [0.25, 0.3) is 0 Å². The fourth-order valence-corrected chi connectivity index (χ4v) is 2.26. The summed E-state index contributed by atoms with van der Waals surface area (Å²) >= 11 is 9.32. The number of hydrogen-bond acceptors (Lipinski definition) is 1. The Kier molecular flexibility index (Phi) is 4.69. The van der Waals surface area contributed by atoms with Gasteiger partial charge >= 0.3 is 0 Å². The first-order valence-corrected chi connectivity index (χ1v) is 6.65. The van der Waals surface area contributed by atoms with E-state index in [1.807, 2.05) is 48.5 Å². The fourth-order valence-electron chi connectivity index (χ4n) is 1.44. The average Bonchev–Trinajstić information content (AvgIpc) is 2.38. The predicted octanol–water partition coefficient (Wildman–Crippen LogP) is 4.57. The molecule has 2 aromatic carbocycles. The fraction of sp³-hybridized carbons (Fsp3) is 0.0667. The second kappa shape index (κ2) is 6.49. The van der Waals surface area contributed by atoms with E-state index >= 15 is 0 Å². The van der Waals surface area contributed by atoms with Gasteiger partial charge in [0.1, 0.15) is 0 Å². The molecule has 18 heavy (non-hydrogen) atoms. The summed E-state index contributed by atoms with van der Waals surface area (Å²) in [5, 5.41) is 3.94. The van der Waals surface area contributed by atoms with Crippen LogP contribution in [0.2, 0.25) is 5.02 Å². The van der Waals surface area contributed by atoms with Gasteiger partial charge in [0, 0.05) is 20.7 Å². The first-order valence-electron chi connectivity index (χ1n) is 5.48. The van der Waals surface area contributed by atoms with E-state index in [1.54, 1.807) is 0 Å². The van der Waals surface area contributed by atoms with Crippen LogP contribution in [0.25, 0.3) is 0 Å². The van der Waals surface area contributed by atoms with Crippen molar-refractivity contribution in [3.63, 3.8) is 0 Å². The molecule has 0 heterocycles. The summed E-state index contributed by atoms with van der Waals surface area (Å²) in [6.45, 7) is 0.592. The molecule has 2 rings (SSSR count). The van der Waals surface area contributed by atoms with Gasteiger partial charge in [-0.1, -0.05) is 41.6 Å². The molecule has 1 N–H and O–H groups in total. The van der Waals surface area contributed by atoms with Crippen molar-refractivity contribution in [2.24, 2.45) is 0 Å². The molecule has 0 aliphatic carbocycles. The summed E-state index contributed by atoms with van der Waals surface area (Å²) in [5.41, 5.74) is 2.01. The Balaban J connectivity index is 1.95. The van der Waals surface area contributed by atoms with E-state index in [0.717, 1.165) is 15.7 Å². The Morgan fingerprint density at radius 3 is 2.61 bits per heavy atom. The molecule has 90 valence electrons. The maximum atomic E-state index is 5.87. The Morgan fingerprint density at radius 2 is 1.89 bits per heavy atom. The molecule has 1 nitrogen and oxygen atoms in total. The minimum absolute atomic E-state index is 0.592. The molecule has 0 aliphatic heterocycles. The van der Waals surface area contributed by atoms with Crippen LogP contribution in [0, 0.1) is 11.8 Å². The van der Waals surface area contributed by atoms with E-state index in [4.69, 9.17) is 11.6 Å². The summed E-state index contributed by atoms with van der Waals surface area (Å²) in [4.78, 5) is 0. The topological polar surface area (TPSA) is 12.0 Å². The maximum Gasteiger partial charge on any atom is 0.0770 e. The highest BCUT2D eigenvalue weighted by atomic mass is 79.9. The van der Waals surface area contributed by atoms with E-state index in [9.17, 15) is 0 Å². The smallest absolute Gasteiger partial charge is 0.0770 e. The van der Waals surface area contributed by atoms with Crippen LogP contribution in [0.4, 0.5) is 5.69 Å². The third kappa shape index (κ3) is 3.80. The zero-order chi connectivity index (χ0) is 12.8. The van der Waals surface area contributed by atoms with Crippen molar-refractivity contribution in [2.75, 3.05) is 11.9 Å². The molecule has 0 saturated carbocycles. The van der Waals surface area contributed by atoms with Gasteiger partial charge in [-0.2, -0.15) is 0 Å². The standard InChI is InChI=1S/C15H11BrClN/c16-14-11-13(17)8-9-15(14)18-10-4-7-12-5-2-1-3-6-12/h1-3,5-6,8-9,11,18H,10H2. The van der Waals surface area contributed by atoms with Crippen molar-refractivity contribution in [1.29, 1.82) is 0 Å². The molecule has 0 spiro atoms. The van der Waals surface area contributed by atoms with Crippen LogP contribution in [0.5, 0.6) is 0 Å². The lowest BCUT2D eigenvalue weighted by molar-refractivity contribution is 1.37. The van der Waals surface area contributed by atoms with E-state index in [0.29, 0.717) is 11.6 Å². The van der Waals surface area contributed by atoms with E-state index < -0.39 is 0 Å². The minimum Gasteiger partial charge on any atom is -0.373 e. The molecular formula is C15H11BrClN. The number of halogens is 2. The number of anilines is 1. The first-order chi connectivity index (χ1) is 8.75. The van der Waals surface area contributed by atoms with Crippen LogP contribution in [0.15, 0.2) is 53.0 Å². The summed E-state index contributed by atoms with van der Waals surface area (Å²) in [6, 6.07) is 15.6. The first kappa shape index (κ1) is 13.0. The van der Waals surface area contributed by atoms with Crippen molar-refractivity contribution < 1.29 is 0 Å². The van der Waals surface area contributed by atoms with Crippen LogP contribution >= 0.6 is 27.5 Å². The quantitative estimate of drug-likeness (QED) is 0.800. The van der Waals surface area contributed by atoms with Crippen molar-refractivity contribution in [3.05, 3.63) is 63.6 Å². The normalized spacial score (nSPS) is 9.44. The summed E-state index contributed by atoms with van der Waals surface area (Å²) in [7, 11) is 0. The molecule has 0 aliphatic rings. The highest BCUT2D eigenvalue weighted by molar-refractivity contribution is 9.10. The maximum absolute atomic E-state index is 5.87. The van der Waals surface area contributed by atoms with Gasteiger partial charge in [-0.3, -0.25) is 0 Å². The van der Waals surface area contributed by atoms with E-state index in [2.05, 4.69) is 33.1 Å². The highest BCUT2D eigenvalue weighted by Crippen LogP contribution is 2.25. The van der Waals surface area contributed by atoms with Crippen molar-refractivity contribution in [1.82, 2.24) is 0 Å². The summed E-state index contributed by atoms with van der Waals surface area (Å²) in [6.07, 6.45) is 0. The number of hydrogen-bond donors (Lipinski definition) is 1. The molecular weight excluding hydrogens is 310 g/mol. The molecule has 0 unspecified atom stereocenters. The zero-order valence-corrected chi connectivity index (χ0v) is 11.9. The van der Waals surface area contributed by atoms with Gasteiger partial charge < -0.3 is 5.32 Å². The molecule has 0 radical (unpaired) electrons. The zero-order valence-electron chi connectivity index (χ0n) is 9.58. The molecule has 0 fully saturated rings. The van der Waals surface area contributed by atoms with Gasteiger partial charge in [-0.25, -0.2) is 0 Å². The van der Waals surface area contributed by atoms with E-state index in [1.165, 1.54) is 0 Å². The third-order valence-electron chi connectivity index (χ3n) is 2.30. The van der Waals surface area contributed by atoms with Gasteiger partial charge in [-0.05, 0) is 46.3 Å². The Hall–Kier alpha value is -1.43. The van der Waals surface area contributed by atoms with Crippen molar-refractivity contribution >= 4 is 33.2 Å². The lowest BCUT2D eigenvalue weighted by Crippen LogP contribution is -1.99. The molecule has 0 amide bonds. The Labute approximate surface area is 120 Å². The second-order valence-corrected chi connectivity index (χ2v) is 4.94. The number of benzene rings is 2. The average molecular weight is 321 g/mol. The second-order valence-electron chi connectivity index (χ2n) is 3.65. The van der Waals surface area contributed by atoms with Crippen molar-refractivity contribution in [2.45, 2.75) is 0 Å². The van der Waals surface area contributed by atoms with Gasteiger partial charge in [0.15, 0.2) is 0 Å². The minimum atomic E-state index is 0.592. The van der Waals surface area contributed by atoms with Crippen LogP contribution in [0.1, 0.15) is 5.56 Å². The van der Waals surface area contributed by atoms with Crippen molar-refractivity contribution in [3.8, 4) is 11.8 Å². The van der Waals surface area contributed by atoms with Crippen LogP contribution in [-0.4, -0.2) is 6.54 Å². The summed E-state index contributed by atoms with van der Waals surface area (Å²) in [5.74, 6) is 6.17. The van der Waals surface area contributed by atoms with Gasteiger partial charge in [0.05, 0.1) is 6.54 Å². The van der Waals surface area contributed by atoms with Gasteiger partial charge in [0.2, 0.25) is 0 Å². The summed E-state index contributed by atoms with van der Waals surface area (Å²) < 4.78 is 0.941. The highest BCUT2D eigenvalue weighted by Gasteiger charge is 1.98. The molecule has 3 heteroatoms. The van der Waals surface area contributed by atoms with Crippen LogP contribution in [-0.2, 0) is 0 Å². The lowest BCUT2D eigenvalue weighted by atomic mass is 10.2.